The Morgan fingerprint density at radius 2 is 2.06 bits per heavy atom. The molecule has 2 rings (SSSR count). The Bertz CT molecular complexity index is 375. The standard InChI is InChI=1S/C15H27N3/c1-5-13(12(2)3)18-11-17-10-14(18)15(4)6-8-16-9-7-15/h10-13,16H,5-9H2,1-4H3. The number of rotatable bonds is 4. The maximum Gasteiger partial charge on any atom is 0.0951 e. The Morgan fingerprint density at radius 1 is 1.39 bits per heavy atom. The molecule has 1 atom stereocenters. The number of hydrogen-bond acceptors (Lipinski definition) is 2. The summed E-state index contributed by atoms with van der Waals surface area (Å²) < 4.78 is 2.44. The maximum absolute atomic E-state index is 4.44. The summed E-state index contributed by atoms with van der Waals surface area (Å²) in [6, 6.07) is 0.578. The molecule has 2 heterocycles. The second-order valence-corrected chi connectivity index (χ2v) is 6.22. The van der Waals surface area contributed by atoms with E-state index in [-0.39, 0.29) is 0 Å². The molecule has 1 aliphatic rings. The lowest BCUT2D eigenvalue weighted by Crippen LogP contribution is -2.39. The SMILES string of the molecule is CCC(C(C)C)n1cncc1C1(C)CCNCC1. The van der Waals surface area contributed by atoms with Crippen molar-refractivity contribution in [2.45, 2.75) is 58.4 Å². The van der Waals surface area contributed by atoms with E-state index in [0.29, 0.717) is 17.4 Å². The highest BCUT2D eigenvalue weighted by molar-refractivity contribution is 5.16. The van der Waals surface area contributed by atoms with Crippen molar-refractivity contribution < 1.29 is 0 Å². The Morgan fingerprint density at radius 3 is 2.61 bits per heavy atom. The molecule has 1 unspecified atom stereocenters. The van der Waals surface area contributed by atoms with Gasteiger partial charge in [0.25, 0.3) is 0 Å². The summed E-state index contributed by atoms with van der Waals surface area (Å²) in [6.45, 7) is 11.5. The minimum atomic E-state index is 0.296. The molecular weight excluding hydrogens is 222 g/mol. The molecular formula is C15H27N3. The Labute approximate surface area is 111 Å². The van der Waals surface area contributed by atoms with Gasteiger partial charge >= 0.3 is 0 Å². The van der Waals surface area contributed by atoms with Crippen molar-refractivity contribution in [1.82, 2.24) is 14.9 Å². The van der Waals surface area contributed by atoms with Crippen LogP contribution in [0.4, 0.5) is 0 Å². The van der Waals surface area contributed by atoms with Crippen LogP contribution in [0.2, 0.25) is 0 Å². The predicted octanol–water partition coefficient (Wildman–Crippen LogP) is 3.13. The molecule has 102 valence electrons. The van der Waals surface area contributed by atoms with Crippen LogP contribution in [0.3, 0.4) is 0 Å². The number of hydrogen-bond donors (Lipinski definition) is 1. The number of nitrogens with zero attached hydrogens (tertiary/aromatic N) is 2. The molecule has 3 nitrogen and oxygen atoms in total. The van der Waals surface area contributed by atoms with Crippen LogP contribution in [-0.4, -0.2) is 22.6 Å². The average Bonchev–Trinajstić information content (AvgIpc) is 2.80. The molecule has 0 spiro atoms. The third kappa shape index (κ3) is 2.46. The zero-order valence-corrected chi connectivity index (χ0v) is 12.2. The predicted molar refractivity (Wildman–Crippen MR) is 75.8 cm³/mol. The van der Waals surface area contributed by atoms with Gasteiger partial charge < -0.3 is 9.88 Å². The summed E-state index contributed by atoms with van der Waals surface area (Å²) in [5, 5.41) is 3.46. The summed E-state index contributed by atoms with van der Waals surface area (Å²) in [5.41, 5.74) is 1.73. The molecule has 0 aliphatic carbocycles. The summed E-state index contributed by atoms with van der Waals surface area (Å²) in [6.07, 6.45) is 7.74. The zero-order chi connectivity index (χ0) is 13.2. The first-order valence-electron chi connectivity index (χ1n) is 7.31. The molecule has 0 aromatic carbocycles. The van der Waals surface area contributed by atoms with Crippen LogP contribution in [0.25, 0.3) is 0 Å². The van der Waals surface area contributed by atoms with E-state index in [2.05, 4.69) is 48.8 Å². The molecule has 1 fully saturated rings. The minimum Gasteiger partial charge on any atom is -0.331 e. The first kappa shape index (κ1) is 13.6. The lowest BCUT2D eigenvalue weighted by atomic mass is 9.78. The van der Waals surface area contributed by atoms with E-state index in [0.717, 1.165) is 13.1 Å². The second kappa shape index (κ2) is 5.43. The number of aromatic nitrogens is 2. The minimum absolute atomic E-state index is 0.296. The van der Waals surface area contributed by atoms with Crippen LogP contribution in [0, 0.1) is 5.92 Å². The van der Waals surface area contributed by atoms with E-state index in [1.165, 1.54) is 25.0 Å². The summed E-state index contributed by atoms with van der Waals surface area (Å²) in [5.74, 6) is 0.660. The number of nitrogens with one attached hydrogen (secondary N) is 1. The molecule has 18 heavy (non-hydrogen) atoms. The van der Waals surface area contributed by atoms with Crippen LogP contribution in [0.5, 0.6) is 0 Å². The van der Waals surface area contributed by atoms with Crippen molar-refractivity contribution >= 4 is 0 Å². The highest BCUT2D eigenvalue weighted by atomic mass is 15.1. The Hall–Kier alpha value is -0.830. The summed E-state index contributed by atoms with van der Waals surface area (Å²) >= 11 is 0. The molecule has 1 saturated heterocycles. The molecule has 1 aromatic rings. The van der Waals surface area contributed by atoms with Crippen molar-refractivity contribution in [3.63, 3.8) is 0 Å². The normalized spacial score (nSPS) is 21.2. The average molecular weight is 249 g/mol. The van der Waals surface area contributed by atoms with Crippen molar-refractivity contribution in [3.8, 4) is 0 Å². The van der Waals surface area contributed by atoms with Crippen molar-refractivity contribution in [3.05, 3.63) is 18.2 Å². The quantitative estimate of drug-likeness (QED) is 0.888. The summed E-state index contributed by atoms with van der Waals surface area (Å²) in [7, 11) is 0. The second-order valence-electron chi connectivity index (χ2n) is 6.22. The van der Waals surface area contributed by atoms with E-state index in [4.69, 9.17) is 0 Å². The van der Waals surface area contributed by atoms with E-state index in [1.54, 1.807) is 0 Å². The van der Waals surface area contributed by atoms with Crippen LogP contribution in [-0.2, 0) is 5.41 Å². The molecule has 3 heteroatoms. The lowest BCUT2D eigenvalue weighted by Gasteiger charge is -2.36. The first-order chi connectivity index (χ1) is 8.58. The molecule has 1 N–H and O–H groups in total. The highest BCUT2D eigenvalue weighted by Gasteiger charge is 2.33. The van der Waals surface area contributed by atoms with Gasteiger partial charge in [0.2, 0.25) is 0 Å². The van der Waals surface area contributed by atoms with Gasteiger partial charge in [-0.15, -0.1) is 0 Å². The van der Waals surface area contributed by atoms with E-state index >= 15 is 0 Å². The summed E-state index contributed by atoms with van der Waals surface area (Å²) in [4.78, 5) is 4.44. The number of imidazole rings is 1. The van der Waals surface area contributed by atoms with Crippen molar-refractivity contribution in [2.75, 3.05) is 13.1 Å². The molecule has 0 radical (unpaired) electrons. The fourth-order valence-electron chi connectivity index (χ4n) is 3.26. The Kier molecular flexibility index (Phi) is 4.10. The maximum atomic E-state index is 4.44. The Balaban J connectivity index is 2.31. The number of piperidine rings is 1. The van der Waals surface area contributed by atoms with Crippen LogP contribution in [0.1, 0.15) is 58.7 Å². The monoisotopic (exact) mass is 249 g/mol. The van der Waals surface area contributed by atoms with Crippen LogP contribution >= 0.6 is 0 Å². The van der Waals surface area contributed by atoms with Gasteiger partial charge in [-0.25, -0.2) is 4.98 Å². The van der Waals surface area contributed by atoms with Gasteiger partial charge in [-0.2, -0.15) is 0 Å². The first-order valence-corrected chi connectivity index (χ1v) is 7.31. The van der Waals surface area contributed by atoms with Gasteiger partial charge in [-0.05, 0) is 38.3 Å². The van der Waals surface area contributed by atoms with Gasteiger partial charge in [-0.1, -0.05) is 27.7 Å². The third-order valence-corrected chi connectivity index (χ3v) is 4.54. The fraction of sp³-hybridized carbons (Fsp3) is 0.800. The van der Waals surface area contributed by atoms with Gasteiger partial charge in [-0.3, -0.25) is 0 Å². The van der Waals surface area contributed by atoms with E-state index in [9.17, 15) is 0 Å². The van der Waals surface area contributed by atoms with Crippen LogP contribution < -0.4 is 5.32 Å². The smallest absolute Gasteiger partial charge is 0.0951 e. The van der Waals surface area contributed by atoms with Gasteiger partial charge in [0, 0.05) is 23.3 Å². The van der Waals surface area contributed by atoms with Crippen LogP contribution in [0.15, 0.2) is 12.5 Å². The molecule has 1 aromatic heterocycles. The third-order valence-electron chi connectivity index (χ3n) is 4.54. The van der Waals surface area contributed by atoms with Crippen molar-refractivity contribution in [1.29, 1.82) is 0 Å². The molecule has 0 saturated carbocycles. The fourth-order valence-corrected chi connectivity index (χ4v) is 3.26. The largest absolute Gasteiger partial charge is 0.331 e. The topological polar surface area (TPSA) is 29.9 Å². The van der Waals surface area contributed by atoms with Gasteiger partial charge in [0.05, 0.1) is 6.33 Å². The highest BCUT2D eigenvalue weighted by Crippen LogP contribution is 2.35. The van der Waals surface area contributed by atoms with E-state index in [1.807, 2.05) is 6.33 Å². The van der Waals surface area contributed by atoms with Gasteiger partial charge in [0.1, 0.15) is 0 Å². The molecule has 1 aliphatic heterocycles. The van der Waals surface area contributed by atoms with Gasteiger partial charge in [0.15, 0.2) is 0 Å². The lowest BCUT2D eigenvalue weighted by molar-refractivity contribution is 0.286. The van der Waals surface area contributed by atoms with E-state index < -0.39 is 0 Å². The van der Waals surface area contributed by atoms with Crippen molar-refractivity contribution in [2.24, 2.45) is 5.92 Å². The zero-order valence-electron chi connectivity index (χ0n) is 12.2. The molecule has 0 amide bonds. The molecule has 0 bridgehead atoms.